The largest absolute Gasteiger partial charge is 0.469 e. The van der Waals surface area contributed by atoms with E-state index in [0.29, 0.717) is 5.76 Å². The lowest BCUT2D eigenvalue weighted by Crippen LogP contribution is -2.28. The molecule has 1 aliphatic rings. The van der Waals surface area contributed by atoms with E-state index in [-0.39, 0.29) is 12.5 Å². The van der Waals surface area contributed by atoms with E-state index < -0.39 is 17.8 Å². The molecule has 0 saturated heterocycles. The fraction of sp³-hybridized carbons (Fsp3) is 0.278. The van der Waals surface area contributed by atoms with Gasteiger partial charge in [0.25, 0.3) is 0 Å². The molecule has 3 rings (SSSR count). The smallest absolute Gasteiger partial charge is 0.324 e. The number of hydrogen-bond donors (Lipinski definition) is 0. The van der Waals surface area contributed by atoms with Gasteiger partial charge in [-0.05, 0) is 30.7 Å². The van der Waals surface area contributed by atoms with Gasteiger partial charge in [-0.1, -0.05) is 42.2 Å². The second kappa shape index (κ2) is 7.20. The summed E-state index contributed by atoms with van der Waals surface area (Å²) >= 11 is 7.08. The minimum atomic E-state index is -0.981. The van der Waals surface area contributed by atoms with Crippen LogP contribution in [0, 0.1) is 17.2 Å². The number of carbonyl (C=O) groups excluding carboxylic acids is 1. The number of thioether (sulfide) groups is 1. The molecule has 3 atom stereocenters. The third-order valence-corrected chi connectivity index (χ3v) is 5.54. The van der Waals surface area contributed by atoms with E-state index in [0.717, 1.165) is 14.7 Å². The summed E-state index contributed by atoms with van der Waals surface area (Å²) in [4.78, 5) is 13.4. The number of hydrogen-bond acceptors (Lipinski definition) is 6. The van der Waals surface area contributed by atoms with Gasteiger partial charge in [-0.25, -0.2) is 0 Å². The van der Waals surface area contributed by atoms with Crippen molar-refractivity contribution >= 4 is 34.1 Å². The highest BCUT2D eigenvalue weighted by molar-refractivity contribution is 8.23. The molecular weight excluding hydrogens is 342 g/mol. The molecule has 0 spiro atoms. The predicted molar refractivity (Wildman–Crippen MR) is 94.8 cm³/mol. The van der Waals surface area contributed by atoms with Gasteiger partial charge >= 0.3 is 5.97 Å². The third kappa shape index (κ3) is 2.97. The van der Waals surface area contributed by atoms with Crippen LogP contribution in [0.15, 0.2) is 52.0 Å². The first kappa shape index (κ1) is 16.7. The molecule has 0 bridgehead atoms. The van der Waals surface area contributed by atoms with E-state index in [1.807, 2.05) is 24.3 Å². The van der Waals surface area contributed by atoms with Crippen molar-refractivity contribution in [1.82, 2.24) is 0 Å². The molecule has 2 heterocycles. The molecule has 24 heavy (non-hydrogen) atoms. The van der Waals surface area contributed by atoms with Crippen LogP contribution in [0.4, 0.5) is 0 Å². The molecule has 4 nitrogen and oxygen atoms in total. The van der Waals surface area contributed by atoms with Crippen LogP contribution in [-0.4, -0.2) is 16.8 Å². The van der Waals surface area contributed by atoms with Crippen molar-refractivity contribution in [3.63, 3.8) is 0 Å². The number of esters is 1. The van der Waals surface area contributed by atoms with Crippen LogP contribution in [0.25, 0.3) is 0 Å². The van der Waals surface area contributed by atoms with Gasteiger partial charge in [-0.15, -0.1) is 0 Å². The van der Waals surface area contributed by atoms with Crippen LogP contribution in [0.2, 0.25) is 0 Å². The Morgan fingerprint density at radius 1 is 1.42 bits per heavy atom. The summed E-state index contributed by atoms with van der Waals surface area (Å²) in [6.45, 7) is 1.95. The Labute approximate surface area is 149 Å². The van der Waals surface area contributed by atoms with Crippen molar-refractivity contribution in [3.05, 3.63) is 54.0 Å². The van der Waals surface area contributed by atoms with Crippen molar-refractivity contribution in [2.45, 2.75) is 23.7 Å². The van der Waals surface area contributed by atoms with Crippen LogP contribution in [0.3, 0.4) is 0 Å². The molecule has 0 amide bonds. The quantitative estimate of drug-likeness (QED) is 0.588. The topological polar surface area (TPSA) is 63.2 Å². The first-order valence-electron chi connectivity index (χ1n) is 7.57. The van der Waals surface area contributed by atoms with Crippen molar-refractivity contribution in [2.24, 2.45) is 5.92 Å². The molecule has 122 valence electrons. The van der Waals surface area contributed by atoms with E-state index in [4.69, 9.17) is 21.4 Å². The lowest BCUT2D eigenvalue weighted by atomic mass is 9.77. The number of fused-ring (bicyclic) bond motifs is 1. The molecule has 1 aliphatic heterocycles. The van der Waals surface area contributed by atoms with E-state index in [9.17, 15) is 10.1 Å². The molecule has 0 radical (unpaired) electrons. The van der Waals surface area contributed by atoms with Gasteiger partial charge in [-0.2, -0.15) is 5.26 Å². The van der Waals surface area contributed by atoms with Crippen LogP contribution >= 0.6 is 24.0 Å². The predicted octanol–water partition coefficient (Wildman–Crippen LogP) is 4.28. The second-order valence-electron chi connectivity index (χ2n) is 5.34. The Hall–Kier alpha value is -2.10. The summed E-state index contributed by atoms with van der Waals surface area (Å²) in [7, 11) is 0. The van der Waals surface area contributed by atoms with Crippen molar-refractivity contribution in [3.8, 4) is 6.07 Å². The number of benzene rings is 1. The molecule has 1 aromatic carbocycles. The molecule has 1 aromatic heterocycles. The Balaban J connectivity index is 2.08. The summed E-state index contributed by atoms with van der Waals surface area (Å²) in [5, 5.41) is 9.64. The highest BCUT2D eigenvalue weighted by Crippen LogP contribution is 2.51. The zero-order valence-electron chi connectivity index (χ0n) is 13.0. The van der Waals surface area contributed by atoms with Crippen molar-refractivity contribution in [1.29, 1.82) is 5.26 Å². The number of furan rings is 1. The second-order valence-corrected chi connectivity index (χ2v) is 7.12. The average Bonchev–Trinajstić information content (AvgIpc) is 3.20. The Morgan fingerprint density at radius 3 is 2.88 bits per heavy atom. The minimum Gasteiger partial charge on any atom is -0.469 e. The molecule has 2 aromatic rings. The Kier molecular flexibility index (Phi) is 5.03. The normalized spacial score (nSPS) is 18.5. The van der Waals surface area contributed by atoms with Crippen LogP contribution in [0.1, 0.15) is 30.1 Å². The van der Waals surface area contributed by atoms with Crippen LogP contribution < -0.4 is 0 Å². The lowest BCUT2D eigenvalue weighted by Gasteiger charge is -2.25. The molecule has 0 N–H and O–H groups in total. The molecule has 0 unspecified atom stereocenters. The van der Waals surface area contributed by atoms with Gasteiger partial charge in [0.15, 0.2) is 5.92 Å². The van der Waals surface area contributed by atoms with Crippen LogP contribution in [-0.2, 0) is 9.53 Å². The zero-order valence-corrected chi connectivity index (χ0v) is 14.6. The lowest BCUT2D eigenvalue weighted by molar-refractivity contribution is -0.146. The maximum atomic E-state index is 12.3. The van der Waals surface area contributed by atoms with Crippen molar-refractivity contribution in [2.75, 3.05) is 6.61 Å². The molecule has 0 fully saturated rings. The number of ether oxygens (including phenoxy) is 1. The monoisotopic (exact) mass is 357 g/mol. The fourth-order valence-electron chi connectivity index (χ4n) is 2.98. The summed E-state index contributed by atoms with van der Waals surface area (Å²) in [5.74, 6) is -1.71. The highest BCUT2D eigenvalue weighted by Gasteiger charge is 2.44. The summed E-state index contributed by atoms with van der Waals surface area (Å²) in [5.41, 5.74) is 1.03. The maximum absolute atomic E-state index is 12.3. The van der Waals surface area contributed by atoms with Crippen LogP contribution in [0.5, 0.6) is 0 Å². The number of rotatable bonds is 5. The average molecular weight is 357 g/mol. The van der Waals surface area contributed by atoms with E-state index >= 15 is 0 Å². The molecular formula is C18H15NO3S2. The molecule has 0 aliphatic carbocycles. The van der Waals surface area contributed by atoms with Gasteiger partial charge in [0.2, 0.25) is 0 Å². The minimum absolute atomic E-state index is 0.225. The number of carbonyl (C=O) groups is 1. The maximum Gasteiger partial charge on any atom is 0.324 e. The number of nitriles is 1. The SMILES string of the molecule is CCOC(=O)[C@@H](C#N)[C@@H](c1ccco1)[C@H]1C(=S)Sc2ccccc21. The fourth-order valence-corrected chi connectivity index (χ4v) is 4.60. The molecule has 0 saturated carbocycles. The van der Waals surface area contributed by atoms with E-state index in [1.165, 1.54) is 11.8 Å². The van der Waals surface area contributed by atoms with Crippen molar-refractivity contribution < 1.29 is 13.9 Å². The summed E-state index contributed by atoms with van der Waals surface area (Å²) in [6.07, 6.45) is 1.54. The zero-order chi connectivity index (χ0) is 17.1. The summed E-state index contributed by atoms with van der Waals surface area (Å²) < 4.78 is 11.4. The van der Waals surface area contributed by atoms with Gasteiger partial charge in [-0.3, -0.25) is 4.79 Å². The number of thiocarbonyl (C=S) groups is 1. The number of nitrogens with zero attached hydrogens (tertiary/aromatic N) is 1. The molecule has 6 heteroatoms. The van der Waals surface area contributed by atoms with Gasteiger partial charge < -0.3 is 9.15 Å². The van der Waals surface area contributed by atoms with Gasteiger partial charge in [0.1, 0.15) is 5.76 Å². The highest BCUT2D eigenvalue weighted by atomic mass is 32.2. The first-order chi connectivity index (χ1) is 11.7. The standard InChI is InChI=1S/C18H15NO3S2/c1-2-21-17(20)12(10-19)15(13-7-5-9-22-13)16-11-6-3-4-8-14(11)24-18(16)23/h3-9,12,15-16H,2H2,1H3/t12-,15-,16-/m0/s1. The Bertz CT molecular complexity index is 795. The van der Waals surface area contributed by atoms with E-state index in [2.05, 4.69) is 6.07 Å². The van der Waals surface area contributed by atoms with Gasteiger partial charge in [0, 0.05) is 10.8 Å². The third-order valence-electron chi connectivity index (χ3n) is 3.99. The Morgan fingerprint density at radius 2 is 2.21 bits per heavy atom. The summed E-state index contributed by atoms with van der Waals surface area (Å²) in [6, 6.07) is 13.5. The first-order valence-corrected chi connectivity index (χ1v) is 8.80. The van der Waals surface area contributed by atoms with E-state index in [1.54, 1.807) is 25.3 Å². The van der Waals surface area contributed by atoms with Gasteiger partial charge in [0.05, 0.1) is 29.1 Å².